The smallest absolute Gasteiger partial charge is 0.147 e. The summed E-state index contributed by atoms with van der Waals surface area (Å²) in [5, 5.41) is 18.3. The molecule has 7 nitrogen and oxygen atoms in total. The summed E-state index contributed by atoms with van der Waals surface area (Å²) in [5.74, 6) is 0.759. The first-order valence-electron chi connectivity index (χ1n) is 10.8. The topological polar surface area (TPSA) is 79.1 Å². The van der Waals surface area contributed by atoms with Crippen molar-refractivity contribution >= 4 is 5.82 Å². The van der Waals surface area contributed by atoms with Gasteiger partial charge < -0.3 is 15.3 Å². The van der Waals surface area contributed by atoms with Crippen molar-refractivity contribution in [3.8, 4) is 28.3 Å². The summed E-state index contributed by atoms with van der Waals surface area (Å²) in [6.07, 6.45) is 8.09. The molecule has 8 heteroatoms. The predicted octanol–water partition coefficient (Wildman–Crippen LogP) is 3.31. The van der Waals surface area contributed by atoms with E-state index in [1.807, 2.05) is 43.4 Å². The molecule has 0 saturated carbocycles. The molecule has 2 N–H and O–H groups in total. The molecule has 2 aliphatic heterocycles. The van der Waals surface area contributed by atoms with Crippen LogP contribution in [0.3, 0.4) is 0 Å². The summed E-state index contributed by atoms with van der Waals surface area (Å²) < 4.78 is 16.8. The average molecular weight is 423 g/mol. The van der Waals surface area contributed by atoms with Crippen molar-refractivity contribution in [2.24, 2.45) is 7.05 Å². The molecule has 0 aliphatic carbocycles. The van der Waals surface area contributed by atoms with Crippen molar-refractivity contribution in [1.29, 1.82) is 0 Å². The molecule has 0 amide bonds. The van der Waals surface area contributed by atoms with Crippen molar-refractivity contribution in [2.45, 2.75) is 50.0 Å². The minimum Gasteiger partial charge on any atom is -0.507 e. The number of hydrogen-bond acceptors (Lipinski definition) is 6. The Morgan fingerprint density at radius 2 is 2.03 bits per heavy atom. The molecule has 2 fully saturated rings. The lowest BCUT2D eigenvalue weighted by Gasteiger charge is -2.46. The van der Waals surface area contributed by atoms with Crippen LogP contribution in [0.1, 0.15) is 25.7 Å². The summed E-state index contributed by atoms with van der Waals surface area (Å²) in [7, 11) is 3.74. The highest BCUT2D eigenvalue weighted by atomic mass is 19.1. The largest absolute Gasteiger partial charge is 0.507 e. The molecule has 4 heterocycles. The number of anilines is 1. The van der Waals surface area contributed by atoms with Crippen molar-refractivity contribution in [3.63, 3.8) is 0 Å². The number of phenolic OH excluding ortho intramolecular Hbond substituents is 1. The zero-order valence-corrected chi connectivity index (χ0v) is 17.7. The molecule has 2 aromatic heterocycles. The van der Waals surface area contributed by atoms with Gasteiger partial charge in [0.15, 0.2) is 0 Å². The van der Waals surface area contributed by atoms with Gasteiger partial charge in [-0.3, -0.25) is 9.67 Å². The van der Waals surface area contributed by atoms with Crippen LogP contribution in [0.5, 0.6) is 5.75 Å². The van der Waals surface area contributed by atoms with E-state index in [0.29, 0.717) is 23.1 Å². The maximum absolute atomic E-state index is 15.0. The number of phenols is 1. The van der Waals surface area contributed by atoms with Gasteiger partial charge >= 0.3 is 0 Å². The van der Waals surface area contributed by atoms with Gasteiger partial charge in [0.25, 0.3) is 0 Å². The Morgan fingerprint density at radius 1 is 1.16 bits per heavy atom. The molecule has 0 radical (unpaired) electrons. The fourth-order valence-corrected chi connectivity index (χ4v) is 4.84. The number of piperidine rings is 2. The van der Waals surface area contributed by atoms with Crippen LogP contribution in [-0.2, 0) is 7.05 Å². The van der Waals surface area contributed by atoms with Gasteiger partial charge in [0.2, 0.25) is 0 Å². The van der Waals surface area contributed by atoms with Crippen molar-refractivity contribution < 1.29 is 9.50 Å². The number of nitrogens with zero attached hydrogens (tertiary/aromatic N) is 5. The second-order valence-corrected chi connectivity index (χ2v) is 8.63. The Labute approximate surface area is 180 Å². The van der Waals surface area contributed by atoms with Crippen LogP contribution in [0.15, 0.2) is 42.9 Å². The Hall–Kier alpha value is -3.00. The van der Waals surface area contributed by atoms with Crippen LogP contribution < -0.4 is 10.2 Å². The van der Waals surface area contributed by atoms with E-state index in [-0.39, 0.29) is 17.8 Å². The molecular formula is C23H27FN6O. The molecule has 2 bridgehead atoms. The number of aryl methyl sites for hydroxylation is 1. The first-order chi connectivity index (χ1) is 15.0. The number of fused-ring (bicyclic) bond motifs is 2. The summed E-state index contributed by atoms with van der Waals surface area (Å²) in [5.41, 5.74) is 2.79. The molecular weight excluding hydrogens is 395 g/mol. The Bertz CT molecular complexity index is 1070. The van der Waals surface area contributed by atoms with E-state index in [1.165, 1.54) is 0 Å². The molecule has 1 aromatic carbocycles. The Kier molecular flexibility index (Phi) is 5.09. The van der Waals surface area contributed by atoms with E-state index >= 15 is 4.39 Å². The van der Waals surface area contributed by atoms with Gasteiger partial charge in [-0.25, -0.2) is 9.37 Å². The van der Waals surface area contributed by atoms with Gasteiger partial charge in [-0.15, -0.1) is 0 Å². The first-order valence-corrected chi connectivity index (χ1v) is 10.8. The Balaban J connectivity index is 1.35. The van der Waals surface area contributed by atoms with Crippen molar-refractivity contribution in [1.82, 2.24) is 25.1 Å². The van der Waals surface area contributed by atoms with Gasteiger partial charge in [0.05, 0.1) is 29.8 Å². The maximum atomic E-state index is 15.0. The second kappa shape index (κ2) is 7.92. The minimum atomic E-state index is -0.925. The van der Waals surface area contributed by atoms with E-state index in [0.717, 1.165) is 36.9 Å². The highest BCUT2D eigenvalue weighted by molar-refractivity contribution is 5.72. The summed E-state index contributed by atoms with van der Waals surface area (Å²) in [6, 6.07) is 7.40. The molecule has 1 unspecified atom stereocenters. The van der Waals surface area contributed by atoms with Crippen molar-refractivity contribution in [2.75, 3.05) is 11.9 Å². The number of nitrogens with one attached hydrogen (secondary N) is 1. The van der Waals surface area contributed by atoms with Gasteiger partial charge in [-0.2, -0.15) is 5.10 Å². The summed E-state index contributed by atoms with van der Waals surface area (Å²) in [4.78, 5) is 11.0. The zero-order chi connectivity index (χ0) is 21.5. The highest BCUT2D eigenvalue weighted by Gasteiger charge is 2.41. The number of rotatable bonds is 4. The third kappa shape index (κ3) is 3.76. The molecule has 5 rings (SSSR count). The van der Waals surface area contributed by atoms with Gasteiger partial charge in [-0.05, 0) is 37.5 Å². The zero-order valence-electron chi connectivity index (χ0n) is 17.7. The van der Waals surface area contributed by atoms with Crippen LogP contribution in [0.25, 0.3) is 22.5 Å². The fourth-order valence-electron chi connectivity index (χ4n) is 4.84. The number of benzene rings is 1. The number of aromatic hydroxyl groups is 1. The average Bonchev–Trinajstić information content (AvgIpc) is 3.22. The number of aromatic nitrogens is 4. The SMILES string of the molecule is CN(c1cnc(-c2ccc(-c3ccn(C)n3)cc2O)cn1)[C@H]1C[C@@H]2CCCC(N2)[C@H]1F. The van der Waals surface area contributed by atoms with E-state index < -0.39 is 6.17 Å². The third-order valence-corrected chi connectivity index (χ3v) is 6.58. The second-order valence-electron chi connectivity index (χ2n) is 8.63. The van der Waals surface area contributed by atoms with Crippen molar-refractivity contribution in [3.05, 3.63) is 42.9 Å². The maximum Gasteiger partial charge on any atom is 0.147 e. The normalized spacial score (nSPS) is 25.4. The molecule has 3 aromatic rings. The van der Waals surface area contributed by atoms with Gasteiger partial charge in [-0.1, -0.05) is 12.5 Å². The standard InChI is InChI=1S/C23H27FN6O/c1-29-9-8-17(28-29)14-6-7-16(21(31)10-14)19-12-26-22(13-25-19)30(2)20-11-15-4-3-5-18(27-15)23(20)24/h6-10,12-13,15,18,20,23,27,31H,3-5,11H2,1-2H3/t15-,18?,20-,23+/m0/s1. The summed E-state index contributed by atoms with van der Waals surface area (Å²) >= 11 is 0. The predicted molar refractivity (Wildman–Crippen MR) is 118 cm³/mol. The Morgan fingerprint density at radius 3 is 2.74 bits per heavy atom. The fraction of sp³-hybridized carbons (Fsp3) is 0.435. The molecule has 31 heavy (non-hydrogen) atoms. The molecule has 0 spiro atoms. The van der Waals surface area contributed by atoms with E-state index in [4.69, 9.17) is 0 Å². The lowest BCUT2D eigenvalue weighted by atomic mass is 9.82. The van der Waals surface area contributed by atoms with Gasteiger partial charge in [0.1, 0.15) is 17.7 Å². The molecule has 2 saturated heterocycles. The van der Waals surface area contributed by atoms with E-state index in [2.05, 4.69) is 20.4 Å². The first kappa shape index (κ1) is 19.9. The minimum absolute atomic E-state index is 0.0678. The number of alkyl halides is 1. The molecule has 4 atom stereocenters. The lowest BCUT2D eigenvalue weighted by Crippen LogP contribution is -2.61. The monoisotopic (exact) mass is 422 g/mol. The molecule has 2 aliphatic rings. The van der Waals surface area contributed by atoms with Gasteiger partial charge in [0, 0.05) is 43.5 Å². The molecule has 162 valence electrons. The number of halogens is 1. The lowest BCUT2D eigenvalue weighted by molar-refractivity contribution is 0.107. The number of hydrogen-bond donors (Lipinski definition) is 2. The quantitative estimate of drug-likeness (QED) is 0.672. The van der Waals surface area contributed by atoms with Crippen LogP contribution in [0.2, 0.25) is 0 Å². The summed E-state index contributed by atoms with van der Waals surface area (Å²) in [6.45, 7) is 0. The van der Waals surface area contributed by atoms with E-state index in [9.17, 15) is 5.11 Å². The van der Waals surface area contributed by atoms with Crippen LogP contribution in [0, 0.1) is 0 Å². The highest BCUT2D eigenvalue weighted by Crippen LogP contribution is 2.34. The third-order valence-electron chi connectivity index (χ3n) is 6.58. The van der Waals surface area contributed by atoms with Crippen LogP contribution in [0.4, 0.5) is 10.2 Å². The van der Waals surface area contributed by atoms with Crippen LogP contribution in [-0.4, -0.2) is 56.2 Å². The van der Waals surface area contributed by atoms with Crippen LogP contribution >= 0.6 is 0 Å². The van der Waals surface area contributed by atoms with E-state index in [1.54, 1.807) is 23.1 Å².